The maximum Gasteiger partial charge on any atom is 0.243 e. The molecule has 158 valence electrons. The molecule has 0 saturated carbocycles. The van der Waals surface area contributed by atoms with Crippen molar-refractivity contribution >= 4 is 15.9 Å². The van der Waals surface area contributed by atoms with Gasteiger partial charge in [0.05, 0.1) is 4.90 Å². The van der Waals surface area contributed by atoms with Crippen LogP contribution in [-0.4, -0.2) is 49.2 Å². The number of carbonyl (C=O) groups excluding carboxylic acids is 1. The first-order valence-electron chi connectivity index (χ1n) is 10.5. The van der Waals surface area contributed by atoms with Crippen LogP contribution in [0.3, 0.4) is 0 Å². The lowest BCUT2D eigenvalue weighted by Crippen LogP contribution is -2.42. The van der Waals surface area contributed by atoms with Gasteiger partial charge in [0.1, 0.15) is 0 Å². The van der Waals surface area contributed by atoms with Crippen LogP contribution in [0, 0.1) is 0 Å². The third-order valence-electron chi connectivity index (χ3n) is 5.66. The van der Waals surface area contributed by atoms with Gasteiger partial charge in [-0.2, -0.15) is 4.31 Å². The lowest BCUT2D eigenvalue weighted by molar-refractivity contribution is -0.132. The minimum absolute atomic E-state index is 0.0282. The first-order valence-corrected chi connectivity index (χ1v) is 11.9. The minimum atomic E-state index is -3.64. The van der Waals surface area contributed by atoms with Crippen LogP contribution in [0.25, 0.3) is 0 Å². The summed E-state index contributed by atoms with van der Waals surface area (Å²) < 4.78 is 28.1. The predicted octanol–water partition coefficient (Wildman–Crippen LogP) is 4.18. The summed E-state index contributed by atoms with van der Waals surface area (Å²) in [6.07, 6.45) is 4.20. The topological polar surface area (TPSA) is 57.7 Å². The Morgan fingerprint density at radius 1 is 1.11 bits per heavy atom. The molecule has 0 bridgehead atoms. The summed E-state index contributed by atoms with van der Waals surface area (Å²) in [5.74, 6) is 0.0614. The maximum absolute atomic E-state index is 13.3. The van der Waals surface area contributed by atoms with E-state index in [1.54, 1.807) is 12.1 Å². The molecule has 1 aromatic rings. The Bertz CT molecular complexity index is 745. The highest BCUT2D eigenvalue weighted by Crippen LogP contribution is 2.26. The molecule has 1 aromatic carbocycles. The summed E-state index contributed by atoms with van der Waals surface area (Å²) in [6, 6.07) is 7.01. The van der Waals surface area contributed by atoms with E-state index in [0.717, 1.165) is 31.5 Å². The molecule has 1 saturated heterocycles. The van der Waals surface area contributed by atoms with E-state index in [9.17, 15) is 13.2 Å². The minimum Gasteiger partial charge on any atom is -0.343 e. The highest BCUT2D eigenvalue weighted by Gasteiger charge is 2.30. The lowest BCUT2D eigenvalue weighted by atomic mass is 9.87. The largest absolute Gasteiger partial charge is 0.343 e. The molecule has 1 unspecified atom stereocenters. The van der Waals surface area contributed by atoms with E-state index in [1.165, 1.54) is 10.7 Å². The summed E-state index contributed by atoms with van der Waals surface area (Å²) in [5.41, 5.74) is 1.07. The van der Waals surface area contributed by atoms with Crippen molar-refractivity contribution in [2.75, 3.05) is 19.6 Å². The van der Waals surface area contributed by atoms with Crippen LogP contribution >= 0.6 is 0 Å². The van der Waals surface area contributed by atoms with Gasteiger partial charge in [0, 0.05) is 32.1 Å². The van der Waals surface area contributed by atoms with Crippen molar-refractivity contribution in [3.8, 4) is 0 Å². The van der Waals surface area contributed by atoms with E-state index in [2.05, 4.69) is 20.8 Å². The van der Waals surface area contributed by atoms with Crippen LogP contribution in [0.1, 0.15) is 72.3 Å². The first kappa shape index (κ1) is 22.9. The predicted molar refractivity (Wildman–Crippen MR) is 114 cm³/mol. The number of sulfonamides is 1. The molecule has 0 aromatic heterocycles. The number of likely N-dealkylation sites (tertiary alicyclic amines) is 1. The third kappa shape index (κ3) is 5.57. The molecular weight excluding hydrogens is 372 g/mol. The van der Waals surface area contributed by atoms with Gasteiger partial charge < -0.3 is 4.90 Å². The molecule has 1 amide bonds. The smallest absolute Gasteiger partial charge is 0.243 e. The maximum atomic E-state index is 13.3. The van der Waals surface area contributed by atoms with E-state index in [-0.39, 0.29) is 30.3 Å². The van der Waals surface area contributed by atoms with Crippen molar-refractivity contribution in [3.05, 3.63) is 29.8 Å². The number of hydrogen-bond acceptors (Lipinski definition) is 3. The zero-order chi connectivity index (χ0) is 20.9. The van der Waals surface area contributed by atoms with Crippen LogP contribution in [-0.2, 0) is 20.2 Å². The average molecular weight is 409 g/mol. The summed E-state index contributed by atoms with van der Waals surface area (Å²) in [7, 11) is -3.64. The summed E-state index contributed by atoms with van der Waals surface area (Å²) in [6.45, 7) is 12.0. The van der Waals surface area contributed by atoms with Crippen molar-refractivity contribution in [1.29, 1.82) is 0 Å². The fourth-order valence-corrected chi connectivity index (χ4v) is 5.26. The highest BCUT2D eigenvalue weighted by molar-refractivity contribution is 7.89. The molecule has 1 aliphatic heterocycles. The van der Waals surface area contributed by atoms with Crippen LogP contribution < -0.4 is 0 Å². The van der Waals surface area contributed by atoms with Gasteiger partial charge in [-0.3, -0.25) is 4.79 Å². The van der Waals surface area contributed by atoms with Crippen molar-refractivity contribution in [1.82, 2.24) is 9.21 Å². The lowest BCUT2D eigenvalue weighted by Gasteiger charge is -2.30. The fourth-order valence-electron chi connectivity index (χ4n) is 3.55. The monoisotopic (exact) mass is 408 g/mol. The summed E-state index contributed by atoms with van der Waals surface area (Å²) in [4.78, 5) is 14.7. The quantitative estimate of drug-likeness (QED) is 0.680. The van der Waals surface area contributed by atoms with E-state index < -0.39 is 10.0 Å². The average Bonchev–Trinajstić information content (AvgIpc) is 2.67. The van der Waals surface area contributed by atoms with Crippen LogP contribution in [0.5, 0.6) is 0 Å². The SMILES string of the molecule is CCC(C)N(CCC(=O)N1CCCCC1)S(=O)(=O)c1ccc(C(C)(C)C)cc1. The van der Waals surface area contributed by atoms with Gasteiger partial charge in [-0.25, -0.2) is 8.42 Å². The molecule has 0 spiro atoms. The molecule has 1 atom stereocenters. The van der Waals surface area contributed by atoms with E-state index in [4.69, 9.17) is 0 Å². The molecule has 1 aliphatic rings. The Hall–Kier alpha value is -1.40. The zero-order valence-corrected chi connectivity index (χ0v) is 18.9. The van der Waals surface area contributed by atoms with Gasteiger partial charge in [0.25, 0.3) is 0 Å². The second-order valence-corrected chi connectivity index (χ2v) is 10.7. The van der Waals surface area contributed by atoms with E-state index >= 15 is 0 Å². The zero-order valence-electron chi connectivity index (χ0n) is 18.1. The molecule has 1 heterocycles. The Kier molecular flexibility index (Phi) is 7.68. The molecule has 5 nitrogen and oxygen atoms in total. The van der Waals surface area contributed by atoms with Crippen molar-refractivity contribution in [2.24, 2.45) is 0 Å². The molecular formula is C22H36N2O3S. The number of carbonyl (C=O) groups is 1. The van der Waals surface area contributed by atoms with Gasteiger partial charge >= 0.3 is 0 Å². The van der Waals surface area contributed by atoms with Crippen LogP contribution in [0.4, 0.5) is 0 Å². The molecule has 0 aliphatic carbocycles. The number of rotatable bonds is 7. The number of piperidine rings is 1. The van der Waals surface area contributed by atoms with Crippen molar-refractivity contribution < 1.29 is 13.2 Å². The molecule has 0 radical (unpaired) electrons. The summed E-state index contributed by atoms with van der Waals surface area (Å²) >= 11 is 0. The van der Waals surface area contributed by atoms with Crippen molar-refractivity contribution in [3.63, 3.8) is 0 Å². The third-order valence-corrected chi connectivity index (χ3v) is 7.69. The number of benzene rings is 1. The molecule has 6 heteroatoms. The van der Waals surface area contributed by atoms with Gasteiger partial charge in [-0.1, -0.05) is 39.8 Å². The number of hydrogen-bond donors (Lipinski definition) is 0. The van der Waals surface area contributed by atoms with E-state index in [0.29, 0.717) is 11.3 Å². The van der Waals surface area contributed by atoms with Crippen LogP contribution in [0.15, 0.2) is 29.2 Å². The normalized spacial score (nSPS) is 17.0. The summed E-state index contributed by atoms with van der Waals surface area (Å²) in [5, 5.41) is 0. The van der Waals surface area contributed by atoms with Gasteiger partial charge in [0.15, 0.2) is 0 Å². The Balaban J connectivity index is 2.17. The highest BCUT2D eigenvalue weighted by atomic mass is 32.2. The van der Waals surface area contributed by atoms with Crippen LogP contribution in [0.2, 0.25) is 0 Å². The number of nitrogens with zero attached hydrogens (tertiary/aromatic N) is 2. The Morgan fingerprint density at radius 3 is 2.18 bits per heavy atom. The molecule has 2 rings (SSSR count). The van der Waals surface area contributed by atoms with E-state index in [1.807, 2.05) is 30.9 Å². The second-order valence-electron chi connectivity index (χ2n) is 8.84. The molecule has 0 N–H and O–H groups in total. The molecule has 1 fully saturated rings. The standard InChI is InChI=1S/C22H36N2O3S/c1-6-18(2)24(17-14-21(25)23-15-8-7-9-16-23)28(26,27)20-12-10-19(11-13-20)22(3,4)5/h10-13,18H,6-9,14-17H2,1-5H3. The number of amides is 1. The van der Waals surface area contributed by atoms with Gasteiger partial charge in [-0.05, 0) is 55.7 Å². The Morgan fingerprint density at radius 2 is 1.68 bits per heavy atom. The first-order chi connectivity index (χ1) is 13.1. The van der Waals surface area contributed by atoms with Crippen molar-refractivity contribution in [2.45, 2.75) is 83.1 Å². The molecule has 28 heavy (non-hydrogen) atoms. The Labute approximate surface area is 171 Å². The second kappa shape index (κ2) is 9.40. The van der Waals surface area contributed by atoms with Gasteiger partial charge in [-0.15, -0.1) is 0 Å². The van der Waals surface area contributed by atoms with Gasteiger partial charge in [0.2, 0.25) is 15.9 Å². The fraction of sp³-hybridized carbons (Fsp3) is 0.682.